The van der Waals surface area contributed by atoms with Crippen molar-refractivity contribution in [3.63, 3.8) is 0 Å². The molecule has 0 unspecified atom stereocenters. The lowest BCUT2D eigenvalue weighted by molar-refractivity contribution is 0.101. The summed E-state index contributed by atoms with van der Waals surface area (Å²) in [5.41, 5.74) is 2.56. The van der Waals surface area contributed by atoms with Crippen molar-refractivity contribution in [3.05, 3.63) is 66.9 Å². The molecule has 1 aliphatic heterocycles. The van der Waals surface area contributed by atoms with Gasteiger partial charge in [-0.2, -0.15) is 0 Å². The van der Waals surface area contributed by atoms with Crippen LogP contribution in [0.4, 0.5) is 5.82 Å². The highest BCUT2D eigenvalue weighted by molar-refractivity contribution is 6.04. The molecule has 0 radical (unpaired) electrons. The van der Waals surface area contributed by atoms with Gasteiger partial charge in [-0.25, -0.2) is 15.0 Å². The summed E-state index contributed by atoms with van der Waals surface area (Å²) < 4.78 is 7.99. The number of rotatable bonds is 5. The van der Waals surface area contributed by atoms with Gasteiger partial charge in [0.25, 0.3) is 5.91 Å². The highest BCUT2D eigenvalue weighted by Gasteiger charge is 2.19. The van der Waals surface area contributed by atoms with Crippen LogP contribution in [-0.4, -0.2) is 56.6 Å². The van der Waals surface area contributed by atoms with Crippen molar-refractivity contribution in [1.29, 1.82) is 0 Å². The first-order valence-electron chi connectivity index (χ1n) is 11.0. The van der Waals surface area contributed by atoms with E-state index >= 15 is 0 Å². The van der Waals surface area contributed by atoms with Crippen LogP contribution in [0.3, 0.4) is 0 Å². The Labute approximate surface area is 192 Å². The van der Waals surface area contributed by atoms with Crippen LogP contribution in [-0.2, 0) is 7.05 Å². The van der Waals surface area contributed by atoms with E-state index in [4.69, 9.17) is 4.74 Å². The topological polar surface area (TPSA) is 85.2 Å². The van der Waals surface area contributed by atoms with Gasteiger partial charge in [-0.3, -0.25) is 4.79 Å². The lowest BCUT2D eigenvalue weighted by Crippen LogP contribution is -2.35. The average molecular weight is 443 g/mol. The molecule has 1 fully saturated rings. The van der Waals surface area contributed by atoms with E-state index in [1.165, 1.54) is 0 Å². The number of nitrogens with one attached hydrogen (secondary N) is 1. The first-order chi connectivity index (χ1) is 16.0. The minimum atomic E-state index is -0.250. The van der Waals surface area contributed by atoms with E-state index in [0.717, 1.165) is 48.0 Å². The van der Waals surface area contributed by atoms with Gasteiger partial charge in [0.2, 0.25) is 5.88 Å². The molecule has 1 aromatic carbocycles. The van der Waals surface area contributed by atoms with E-state index in [9.17, 15) is 4.79 Å². The zero-order chi connectivity index (χ0) is 22.8. The highest BCUT2D eigenvalue weighted by atomic mass is 16.5. The molecule has 0 spiro atoms. The molecule has 4 aromatic rings. The van der Waals surface area contributed by atoms with Crippen molar-refractivity contribution in [1.82, 2.24) is 24.4 Å². The van der Waals surface area contributed by atoms with E-state index in [-0.39, 0.29) is 12.0 Å². The number of likely N-dealkylation sites (tertiary alicyclic amines) is 1. The fraction of sp³-hybridized carbons (Fsp3) is 0.280. The fourth-order valence-electron chi connectivity index (χ4n) is 4.08. The summed E-state index contributed by atoms with van der Waals surface area (Å²) in [5, 5.41) is 4.88. The molecule has 0 saturated carbocycles. The van der Waals surface area contributed by atoms with Crippen molar-refractivity contribution in [2.45, 2.75) is 18.9 Å². The molecule has 5 rings (SSSR count). The maximum atomic E-state index is 12.9. The van der Waals surface area contributed by atoms with Gasteiger partial charge in [0.05, 0.1) is 18.2 Å². The minimum Gasteiger partial charge on any atom is -0.474 e. The van der Waals surface area contributed by atoms with Gasteiger partial charge in [-0.15, -0.1) is 0 Å². The minimum absolute atomic E-state index is 0.128. The van der Waals surface area contributed by atoms with Crippen molar-refractivity contribution < 1.29 is 9.53 Å². The van der Waals surface area contributed by atoms with Crippen molar-refractivity contribution in [2.24, 2.45) is 7.05 Å². The van der Waals surface area contributed by atoms with Gasteiger partial charge >= 0.3 is 0 Å². The number of hydrogen-bond acceptors (Lipinski definition) is 6. The first kappa shape index (κ1) is 21.1. The van der Waals surface area contributed by atoms with Crippen LogP contribution in [0.1, 0.15) is 23.2 Å². The molecule has 0 aliphatic carbocycles. The molecule has 4 heterocycles. The molecule has 168 valence electrons. The van der Waals surface area contributed by atoms with Crippen LogP contribution < -0.4 is 10.1 Å². The number of nitrogens with zero attached hydrogens (tertiary/aromatic N) is 5. The fourth-order valence-corrected chi connectivity index (χ4v) is 4.08. The second-order valence-electron chi connectivity index (χ2n) is 8.48. The van der Waals surface area contributed by atoms with Gasteiger partial charge in [-0.1, -0.05) is 12.1 Å². The Morgan fingerprint density at radius 1 is 1.03 bits per heavy atom. The van der Waals surface area contributed by atoms with Gasteiger partial charge in [0, 0.05) is 55.1 Å². The Morgan fingerprint density at radius 3 is 2.67 bits per heavy atom. The molecule has 3 aromatic heterocycles. The normalized spacial score (nSPS) is 15.0. The second kappa shape index (κ2) is 8.99. The summed E-state index contributed by atoms with van der Waals surface area (Å²) in [6.45, 7) is 2.00. The zero-order valence-electron chi connectivity index (χ0n) is 18.7. The zero-order valence-corrected chi connectivity index (χ0v) is 18.7. The molecular weight excluding hydrogens is 416 g/mol. The summed E-state index contributed by atoms with van der Waals surface area (Å²) in [5.74, 6) is 0.717. The number of carbonyl (C=O) groups is 1. The monoisotopic (exact) mass is 442 g/mol. The van der Waals surface area contributed by atoms with Crippen molar-refractivity contribution in [2.75, 3.05) is 25.5 Å². The largest absolute Gasteiger partial charge is 0.474 e. The number of anilines is 1. The Bertz CT molecular complexity index is 1290. The smallest absolute Gasteiger partial charge is 0.257 e. The van der Waals surface area contributed by atoms with Crippen LogP contribution in [0.5, 0.6) is 5.88 Å². The molecule has 1 saturated heterocycles. The SMILES string of the molecule is CN1CCC(Oc2cc(C(=O)Nc3cc4cc(-c5cncn5C)ccc4cn3)ccn2)CC1. The van der Waals surface area contributed by atoms with E-state index in [1.54, 1.807) is 30.9 Å². The predicted molar refractivity (Wildman–Crippen MR) is 127 cm³/mol. The number of benzene rings is 1. The van der Waals surface area contributed by atoms with Gasteiger partial charge in [-0.05, 0) is 43.5 Å². The third kappa shape index (κ3) is 4.70. The second-order valence-corrected chi connectivity index (χ2v) is 8.48. The highest BCUT2D eigenvalue weighted by Crippen LogP contribution is 2.25. The Morgan fingerprint density at radius 2 is 1.88 bits per heavy atom. The number of aryl methyl sites for hydroxylation is 1. The first-order valence-corrected chi connectivity index (χ1v) is 11.0. The number of hydrogen-bond donors (Lipinski definition) is 1. The number of ether oxygens (including phenoxy) is 1. The summed E-state index contributed by atoms with van der Waals surface area (Å²) >= 11 is 0. The predicted octanol–water partition coefficient (Wildman–Crippen LogP) is 3.76. The molecule has 1 N–H and O–H groups in total. The third-order valence-corrected chi connectivity index (χ3v) is 6.03. The molecule has 8 nitrogen and oxygen atoms in total. The van der Waals surface area contributed by atoms with Crippen LogP contribution in [0.2, 0.25) is 0 Å². The third-order valence-electron chi connectivity index (χ3n) is 6.03. The Balaban J connectivity index is 1.32. The number of imidazole rings is 1. The number of aromatic nitrogens is 4. The quantitative estimate of drug-likeness (QED) is 0.507. The van der Waals surface area contributed by atoms with Crippen LogP contribution in [0.15, 0.2) is 61.3 Å². The molecule has 33 heavy (non-hydrogen) atoms. The van der Waals surface area contributed by atoms with Gasteiger partial charge in [0.1, 0.15) is 11.9 Å². The number of fused-ring (bicyclic) bond motifs is 1. The maximum Gasteiger partial charge on any atom is 0.257 e. The van der Waals surface area contributed by atoms with Crippen LogP contribution in [0.25, 0.3) is 22.0 Å². The number of pyridine rings is 2. The van der Waals surface area contributed by atoms with E-state index in [0.29, 0.717) is 17.3 Å². The molecule has 8 heteroatoms. The lowest BCUT2D eigenvalue weighted by Gasteiger charge is -2.28. The standard InChI is InChI=1S/C25H26N6O2/c1-30-9-6-21(7-10-30)33-24-13-18(5-8-27-24)25(32)29-23-12-20-11-17(3-4-19(20)14-28-23)22-15-26-16-31(22)2/h3-5,8,11-16,21H,6-7,9-10H2,1-2H3,(H,28,29,32). The maximum absolute atomic E-state index is 12.9. The van der Waals surface area contributed by atoms with Crippen LogP contribution in [0, 0.1) is 0 Å². The van der Waals surface area contributed by atoms with E-state index in [2.05, 4.69) is 38.3 Å². The molecule has 1 aliphatic rings. The lowest BCUT2D eigenvalue weighted by atomic mass is 10.1. The van der Waals surface area contributed by atoms with Crippen molar-refractivity contribution in [3.8, 4) is 17.1 Å². The molecular formula is C25H26N6O2. The Kier molecular flexibility index (Phi) is 5.75. The molecule has 0 atom stereocenters. The van der Waals surface area contributed by atoms with E-state index < -0.39 is 0 Å². The van der Waals surface area contributed by atoms with E-state index in [1.807, 2.05) is 36.0 Å². The summed E-state index contributed by atoms with van der Waals surface area (Å²) in [6.07, 6.45) is 9.01. The molecule has 0 bridgehead atoms. The summed E-state index contributed by atoms with van der Waals surface area (Å²) in [6, 6.07) is 11.4. The number of piperidine rings is 1. The number of amides is 1. The average Bonchev–Trinajstić information content (AvgIpc) is 3.26. The summed E-state index contributed by atoms with van der Waals surface area (Å²) in [7, 11) is 4.07. The van der Waals surface area contributed by atoms with Gasteiger partial charge < -0.3 is 19.5 Å². The molecule has 1 amide bonds. The summed E-state index contributed by atoms with van der Waals surface area (Å²) in [4.78, 5) is 28.1. The van der Waals surface area contributed by atoms with Crippen LogP contribution >= 0.6 is 0 Å². The number of carbonyl (C=O) groups excluding carboxylic acids is 1. The Hall–Kier alpha value is -3.78. The van der Waals surface area contributed by atoms with Crippen molar-refractivity contribution >= 4 is 22.5 Å². The van der Waals surface area contributed by atoms with Gasteiger partial charge in [0.15, 0.2) is 0 Å².